The minimum absolute atomic E-state index is 0.0348. The van der Waals surface area contributed by atoms with Crippen LogP contribution in [0.2, 0.25) is 0 Å². The van der Waals surface area contributed by atoms with Crippen molar-refractivity contribution in [3.05, 3.63) is 89.8 Å². The van der Waals surface area contributed by atoms with Crippen molar-refractivity contribution in [1.29, 1.82) is 0 Å². The molecular weight excluding hydrogens is 384 g/mol. The van der Waals surface area contributed by atoms with Crippen molar-refractivity contribution in [1.82, 2.24) is 10.1 Å². The van der Waals surface area contributed by atoms with E-state index < -0.39 is 0 Å². The predicted molar refractivity (Wildman–Crippen MR) is 107 cm³/mol. The van der Waals surface area contributed by atoms with E-state index in [1.165, 1.54) is 0 Å². The van der Waals surface area contributed by atoms with Crippen LogP contribution in [0.25, 0.3) is 11.4 Å². The van der Waals surface area contributed by atoms with E-state index in [1.54, 1.807) is 42.5 Å². The SMILES string of the molecule is O=C(c1ccccc1)c1ccc(OCc2nc(-c3ccc4c(c3)OCO4)no2)cc1. The average molecular weight is 400 g/mol. The summed E-state index contributed by atoms with van der Waals surface area (Å²) in [4.78, 5) is 16.8. The molecule has 7 heteroatoms. The number of benzene rings is 3. The molecule has 0 unspecified atom stereocenters. The van der Waals surface area contributed by atoms with E-state index in [0.29, 0.717) is 40.1 Å². The summed E-state index contributed by atoms with van der Waals surface area (Å²) in [6.07, 6.45) is 0. The van der Waals surface area contributed by atoms with Crippen LogP contribution in [-0.4, -0.2) is 22.7 Å². The van der Waals surface area contributed by atoms with E-state index >= 15 is 0 Å². The van der Waals surface area contributed by atoms with Gasteiger partial charge in [0.15, 0.2) is 23.9 Å². The number of nitrogens with zero attached hydrogens (tertiary/aromatic N) is 2. The van der Waals surface area contributed by atoms with Gasteiger partial charge >= 0.3 is 0 Å². The van der Waals surface area contributed by atoms with E-state index in [4.69, 9.17) is 18.7 Å². The second kappa shape index (κ2) is 7.71. The molecule has 0 bridgehead atoms. The number of ether oxygens (including phenoxy) is 3. The van der Waals surface area contributed by atoms with Crippen molar-refractivity contribution in [3.63, 3.8) is 0 Å². The first-order valence-electron chi connectivity index (χ1n) is 9.31. The van der Waals surface area contributed by atoms with Crippen molar-refractivity contribution < 1.29 is 23.5 Å². The fraction of sp³-hybridized carbons (Fsp3) is 0.0870. The Bertz CT molecular complexity index is 1190. The first kappa shape index (κ1) is 17.9. The zero-order valence-corrected chi connectivity index (χ0v) is 15.8. The summed E-state index contributed by atoms with van der Waals surface area (Å²) in [5.74, 6) is 2.69. The predicted octanol–water partition coefficient (Wildman–Crippen LogP) is 4.28. The van der Waals surface area contributed by atoms with E-state index in [0.717, 1.165) is 5.56 Å². The molecule has 3 aromatic carbocycles. The lowest BCUT2D eigenvalue weighted by Crippen LogP contribution is -2.01. The zero-order chi connectivity index (χ0) is 20.3. The van der Waals surface area contributed by atoms with Gasteiger partial charge in [-0.15, -0.1) is 0 Å². The van der Waals surface area contributed by atoms with Crippen molar-refractivity contribution in [2.75, 3.05) is 6.79 Å². The fourth-order valence-corrected chi connectivity index (χ4v) is 3.07. The number of ketones is 1. The minimum Gasteiger partial charge on any atom is -0.484 e. The molecule has 0 aliphatic carbocycles. The largest absolute Gasteiger partial charge is 0.484 e. The van der Waals surface area contributed by atoms with Gasteiger partial charge in [0.25, 0.3) is 5.89 Å². The number of hydrogen-bond acceptors (Lipinski definition) is 7. The minimum atomic E-state index is -0.0348. The molecule has 1 aliphatic heterocycles. The second-order valence-corrected chi connectivity index (χ2v) is 6.59. The Morgan fingerprint density at radius 2 is 1.67 bits per heavy atom. The Hall–Kier alpha value is -4.13. The summed E-state index contributed by atoms with van der Waals surface area (Å²) in [5, 5.41) is 3.99. The molecule has 7 nitrogen and oxygen atoms in total. The maximum atomic E-state index is 12.5. The van der Waals surface area contributed by atoms with Gasteiger partial charge in [0, 0.05) is 16.7 Å². The summed E-state index contributed by atoms with van der Waals surface area (Å²) in [6.45, 7) is 0.323. The van der Waals surface area contributed by atoms with E-state index in [-0.39, 0.29) is 19.2 Å². The maximum absolute atomic E-state index is 12.5. The molecule has 0 spiro atoms. The van der Waals surface area contributed by atoms with Gasteiger partial charge in [0.05, 0.1) is 0 Å². The van der Waals surface area contributed by atoms with Crippen LogP contribution < -0.4 is 14.2 Å². The number of carbonyl (C=O) groups excluding carboxylic acids is 1. The molecule has 0 radical (unpaired) electrons. The lowest BCUT2D eigenvalue weighted by Gasteiger charge is -2.05. The molecular formula is C23H16N2O5. The molecule has 0 saturated carbocycles. The molecule has 2 heterocycles. The second-order valence-electron chi connectivity index (χ2n) is 6.59. The highest BCUT2D eigenvalue weighted by atomic mass is 16.7. The van der Waals surface area contributed by atoms with Crippen LogP contribution in [-0.2, 0) is 6.61 Å². The first-order valence-corrected chi connectivity index (χ1v) is 9.31. The molecule has 5 rings (SSSR count). The fourth-order valence-electron chi connectivity index (χ4n) is 3.07. The molecule has 0 atom stereocenters. The topological polar surface area (TPSA) is 83.7 Å². The Morgan fingerprint density at radius 1 is 0.900 bits per heavy atom. The Balaban J connectivity index is 1.23. The van der Waals surface area contributed by atoms with Crippen molar-refractivity contribution in [2.24, 2.45) is 0 Å². The van der Waals surface area contributed by atoms with Gasteiger partial charge in [-0.05, 0) is 42.5 Å². The zero-order valence-electron chi connectivity index (χ0n) is 15.8. The summed E-state index contributed by atoms with van der Waals surface area (Å²) in [5.41, 5.74) is 2.00. The Morgan fingerprint density at radius 3 is 2.50 bits per heavy atom. The summed E-state index contributed by atoms with van der Waals surface area (Å²) in [7, 11) is 0. The number of fused-ring (bicyclic) bond motifs is 1. The summed E-state index contributed by atoms with van der Waals surface area (Å²) < 4.78 is 21.6. The van der Waals surface area contributed by atoms with Gasteiger partial charge < -0.3 is 18.7 Å². The molecule has 1 aromatic heterocycles. The van der Waals surface area contributed by atoms with Gasteiger partial charge in [0.2, 0.25) is 12.6 Å². The number of carbonyl (C=O) groups is 1. The quantitative estimate of drug-likeness (QED) is 0.447. The van der Waals surface area contributed by atoms with E-state index in [2.05, 4.69) is 10.1 Å². The Kier molecular flexibility index (Phi) is 4.61. The smallest absolute Gasteiger partial charge is 0.264 e. The van der Waals surface area contributed by atoms with Gasteiger partial charge in [-0.1, -0.05) is 35.5 Å². The monoisotopic (exact) mass is 400 g/mol. The van der Waals surface area contributed by atoms with Crippen LogP contribution in [0.15, 0.2) is 77.3 Å². The van der Waals surface area contributed by atoms with Gasteiger partial charge in [-0.2, -0.15) is 4.98 Å². The third kappa shape index (κ3) is 3.60. The molecule has 1 aliphatic rings. The molecule has 4 aromatic rings. The molecule has 0 amide bonds. The van der Waals surface area contributed by atoms with Crippen LogP contribution >= 0.6 is 0 Å². The van der Waals surface area contributed by atoms with E-state index in [1.807, 2.05) is 30.3 Å². The highest BCUT2D eigenvalue weighted by Gasteiger charge is 2.17. The molecule has 0 saturated heterocycles. The summed E-state index contributed by atoms with van der Waals surface area (Å²) >= 11 is 0. The maximum Gasteiger partial charge on any atom is 0.264 e. The molecule has 0 N–H and O–H groups in total. The van der Waals surface area contributed by atoms with Crippen molar-refractivity contribution >= 4 is 5.78 Å². The van der Waals surface area contributed by atoms with Gasteiger partial charge in [-0.3, -0.25) is 4.79 Å². The average Bonchev–Trinajstić information content (AvgIpc) is 3.47. The van der Waals surface area contributed by atoms with Gasteiger partial charge in [0.1, 0.15) is 5.75 Å². The summed E-state index contributed by atoms with van der Waals surface area (Å²) in [6, 6.07) is 21.5. The molecule has 148 valence electrons. The molecule has 0 fully saturated rings. The highest BCUT2D eigenvalue weighted by Crippen LogP contribution is 2.35. The third-order valence-corrected chi connectivity index (χ3v) is 4.61. The van der Waals surface area contributed by atoms with E-state index in [9.17, 15) is 4.79 Å². The number of rotatable bonds is 6. The van der Waals surface area contributed by atoms with Crippen LogP contribution in [0.5, 0.6) is 17.2 Å². The first-order chi connectivity index (χ1) is 14.8. The molecule has 30 heavy (non-hydrogen) atoms. The van der Waals surface area contributed by atoms with Crippen molar-refractivity contribution in [3.8, 4) is 28.6 Å². The lowest BCUT2D eigenvalue weighted by molar-refractivity contribution is 0.103. The van der Waals surface area contributed by atoms with Crippen LogP contribution in [0.1, 0.15) is 21.8 Å². The van der Waals surface area contributed by atoms with Crippen molar-refractivity contribution in [2.45, 2.75) is 6.61 Å². The highest BCUT2D eigenvalue weighted by molar-refractivity contribution is 6.08. The van der Waals surface area contributed by atoms with Crippen LogP contribution in [0.4, 0.5) is 0 Å². The van der Waals surface area contributed by atoms with Crippen LogP contribution in [0, 0.1) is 0 Å². The number of hydrogen-bond donors (Lipinski definition) is 0. The third-order valence-electron chi connectivity index (χ3n) is 4.61. The normalized spacial score (nSPS) is 12.0. The lowest BCUT2D eigenvalue weighted by atomic mass is 10.0. The Labute approximate surface area is 171 Å². The van der Waals surface area contributed by atoms with Gasteiger partial charge in [-0.25, -0.2) is 0 Å². The number of aromatic nitrogens is 2. The van der Waals surface area contributed by atoms with Crippen LogP contribution in [0.3, 0.4) is 0 Å². The standard InChI is InChI=1S/C23H16N2O5/c26-22(15-4-2-1-3-5-15)16-6-9-18(10-7-16)27-13-21-24-23(25-30-21)17-8-11-19-20(12-17)29-14-28-19/h1-12H,13-14H2.